The Morgan fingerprint density at radius 3 is 3.12 bits per heavy atom. The van der Waals surface area contributed by atoms with Crippen LogP contribution in [0.4, 0.5) is 5.13 Å². The molecule has 0 aliphatic heterocycles. The number of hydrogen-bond acceptors (Lipinski definition) is 6. The van der Waals surface area contributed by atoms with Crippen LogP contribution >= 0.6 is 11.3 Å². The molecule has 3 aromatic heterocycles. The summed E-state index contributed by atoms with van der Waals surface area (Å²) in [6, 6.07) is 8.05. The van der Waals surface area contributed by atoms with E-state index in [1.165, 1.54) is 22.3 Å². The average Bonchev–Trinajstić information content (AvgIpc) is 3.33. The van der Waals surface area contributed by atoms with Gasteiger partial charge in [0.1, 0.15) is 6.33 Å². The number of H-pyrrole nitrogens is 1. The van der Waals surface area contributed by atoms with E-state index in [0.29, 0.717) is 11.7 Å². The fraction of sp³-hybridized carbons (Fsp3) is 0.133. The summed E-state index contributed by atoms with van der Waals surface area (Å²) in [5, 5.41) is 17.2. The molecule has 120 valence electrons. The SMILES string of the molecule is O=C(CCn1cnnn1)Nc1nc(-c2c[nH]c3ccccc23)cs1. The summed E-state index contributed by atoms with van der Waals surface area (Å²) in [5.74, 6) is -0.120. The number of amides is 1. The number of nitrogens with zero attached hydrogens (tertiary/aromatic N) is 5. The van der Waals surface area contributed by atoms with Crippen LogP contribution in [0.5, 0.6) is 0 Å². The second-order valence-electron chi connectivity index (χ2n) is 5.16. The predicted molar refractivity (Wildman–Crippen MR) is 90.5 cm³/mol. The number of rotatable bonds is 5. The molecule has 0 fully saturated rings. The maximum atomic E-state index is 12.0. The van der Waals surface area contributed by atoms with E-state index >= 15 is 0 Å². The molecular formula is C15H13N7OS. The van der Waals surface area contributed by atoms with Gasteiger partial charge in [-0.05, 0) is 16.5 Å². The minimum absolute atomic E-state index is 0.120. The van der Waals surface area contributed by atoms with Crippen molar-refractivity contribution in [3.63, 3.8) is 0 Å². The lowest BCUT2D eigenvalue weighted by molar-refractivity contribution is -0.116. The van der Waals surface area contributed by atoms with Gasteiger partial charge in [0.25, 0.3) is 0 Å². The van der Waals surface area contributed by atoms with E-state index in [9.17, 15) is 4.79 Å². The van der Waals surface area contributed by atoms with E-state index in [1.54, 1.807) is 0 Å². The third kappa shape index (κ3) is 2.88. The fourth-order valence-corrected chi connectivity index (χ4v) is 3.15. The van der Waals surface area contributed by atoms with Gasteiger partial charge in [-0.2, -0.15) is 0 Å². The molecule has 0 spiro atoms. The van der Waals surface area contributed by atoms with Crippen molar-refractivity contribution in [2.24, 2.45) is 0 Å². The summed E-state index contributed by atoms with van der Waals surface area (Å²) in [6.45, 7) is 0.430. The molecule has 24 heavy (non-hydrogen) atoms. The molecular weight excluding hydrogens is 326 g/mol. The number of nitrogens with one attached hydrogen (secondary N) is 2. The number of aromatic nitrogens is 6. The topological polar surface area (TPSA) is 101 Å². The molecule has 0 saturated heterocycles. The third-order valence-corrected chi connectivity index (χ3v) is 4.33. The van der Waals surface area contributed by atoms with Gasteiger partial charge >= 0.3 is 0 Å². The Hall–Kier alpha value is -3.07. The average molecular weight is 339 g/mol. The van der Waals surface area contributed by atoms with Crippen LogP contribution in [-0.2, 0) is 11.3 Å². The summed E-state index contributed by atoms with van der Waals surface area (Å²) < 4.78 is 1.51. The van der Waals surface area contributed by atoms with Crippen LogP contribution in [-0.4, -0.2) is 36.1 Å². The summed E-state index contributed by atoms with van der Waals surface area (Å²) in [7, 11) is 0. The van der Waals surface area contributed by atoms with Crippen LogP contribution in [0.2, 0.25) is 0 Å². The summed E-state index contributed by atoms with van der Waals surface area (Å²) in [6.07, 6.45) is 3.70. The molecule has 0 unspecified atom stereocenters. The van der Waals surface area contributed by atoms with Crippen molar-refractivity contribution >= 4 is 33.3 Å². The van der Waals surface area contributed by atoms with Gasteiger partial charge in [0.05, 0.1) is 12.2 Å². The number of aromatic amines is 1. The minimum atomic E-state index is -0.120. The number of fused-ring (bicyclic) bond motifs is 1. The molecule has 0 atom stereocenters. The number of tetrazole rings is 1. The van der Waals surface area contributed by atoms with Gasteiger partial charge < -0.3 is 10.3 Å². The van der Waals surface area contributed by atoms with E-state index < -0.39 is 0 Å². The molecule has 0 aliphatic rings. The molecule has 0 radical (unpaired) electrons. The number of carbonyl (C=O) groups excluding carboxylic acids is 1. The standard InChI is InChI=1S/C15H13N7OS/c23-14(5-6-22-9-17-20-21-22)19-15-18-13(8-24-15)11-7-16-12-4-2-1-3-10(11)12/h1-4,7-9,16H,5-6H2,(H,18,19,23). The number of carbonyl (C=O) groups is 1. The lowest BCUT2D eigenvalue weighted by Crippen LogP contribution is -2.14. The van der Waals surface area contributed by atoms with Crippen molar-refractivity contribution in [1.29, 1.82) is 0 Å². The Bertz CT molecular complexity index is 973. The normalized spacial score (nSPS) is 11.0. The highest BCUT2D eigenvalue weighted by molar-refractivity contribution is 7.14. The highest BCUT2D eigenvalue weighted by Crippen LogP contribution is 2.30. The molecule has 4 aromatic rings. The van der Waals surface area contributed by atoms with E-state index in [4.69, 9.17) is 0 Å². The second kappa shape index (κ2) is 6.20. The van der Waals surface area contributed by atoms with Crippen LogP contribution in [0.25, 0.3) is 22.2 Å². The Kier molecular flexibility index (Phi) is 3.75. The second-order valence-corrected chi connectivity index (χ2v) is 6.02. The van der Waals surface area contributed by atoms with Gasteiger partial charge in [-0.3, -0.25) is 4.79 Å². The van der Waals surface area contributed by atoms with E-state index in [0.717, 1.165) is 22.2 Å². The van der Waals surface area contributed by atoms with Crippen LogP contribution in [0, 0.1) is 0 Å². The molecule has 4 rings (SSSR count). The van der Waals surface area contributed by atoms with Gasteiger partial charge in [-0.25, -0.2) is 9.67 Å². The Morgan fingerprint density at radius 1 is 1.33 bits per heavy atom. The minimum Gasteiger partial charge on any atom is -0.360 e. The Morgan fingerprint density at radius 2 is 2.25 bits per heavy atom. The summed E-state index contributed by atoms with van der Waals surface area (Å²) in [4.78, 5) is 19.7. The summed E-state index contributed by atoms with van der Waals surface area (Å²) >= 11 is 1.40. The van der Waals surface area contributed by atoms with Crippen LogP contribution in [0.1, 0.15) is 6.42 Å². The largest absolute Gasteiger partial charge is 0.360 e. The number of hydrogen-bond donors (Lipinski definition) is 2. The molecule has 1 amide bonds. The molecule has 3 heterocycles. The first-order valence-corrected chi connectivity index (χ1v) is 8.20. The third-order valence-electron chi connectivity index (χ3n) is 3.58. The van der Waals surface area contributed by atoms with Crippen molar-refractivity contribution < 1.29 is 4.79 Å². The van der Waals surface area contributed by atoms with E-state index in [-0.39, 0.29) is 12.3 Å². The fourth-order valence-electron chi connectivity index (χ4n) is 2.42. The number of para-hydroxylation sites is 1. The van der Waals surface area contributed by atoms with Crippen molar-refractivity contribution in [2.45, 2.75) is 13.0 Å². The van der Waals surface area contributed by atoms with Crippen molar-refractivity contribution in [2.75, 3.05) is 5.32 Å². The first kappa shape index (κ1) is 14.5. The van der Waals surface area contributed by atoms with Crippen LogP contribution in [0.3, 0.4) is 0 Å². The number of benzene rings is 1. The predicted octanol–water partition coefficient (Wildman–Crippen LogP) is 2.31. The van der Waals surface area contributed by atoms with Gasteiger partial charge in [-0.15, -0.1) is 16.4 Å². The lowest BCUT2D eigenvalue weighted by atomic mass is 10.1. The van der Waals surface area contributed by atoms with Crippen molar-refractivity contribution in [1.82, 2.24) is 30.2 Å². The summed E-state index contributed by atoms with van der Waals surface area (Å²) in [5.41, 5.74) is 2.93. The van der Waals surface area contributed by atoms with Crippen molar-refractivity contribution in [3.05, 3.63) is 42.2 Å². The van der Waals surface area contributed by atoms with Gasteiger partial charge in [0, 0.05) is 34.5 Å². The lowest BCUT2D eigenvalue weighted by Gasteiger charge is -2.01. The van der Waals surface area contributed by atoms with Crippen molar-refractivity contribution in [3.8, 4) is 11.3 Å². The van der Waals surface area contributed by atoms with E-state index in [1.807, 2.05) is 35.8 Å². The van der Waals surface area contributed by atoms with Crippen LogP contribution in [0.15, 0.2) is 42.2 Å². The number of thiazole rings is 1. The first-order chi connectivity index (χ1) is 11.8. The maximum absolute atomic E-state index is 12.0. The highest BCUT2D eigenvalue weighted by atomic mass is 32.1. The molecule has 1 aromatic carbocycles. The smallest absolute Gasteiger partial charge is 0.228 e. The zero-order chi connectivity index (χ0) is 16.4. The first-order valence-electron chi connectivity index (χ1n) is 7.32. The Balaban J connectivity index is 1.45. The highest BCUT2D eigenvalue weighted by Gasteiger charge is 2.11. The monoisotopic (exact) mass is 339 g/mol. The van der Waals surface area contributed by atoms with Crippen LogP contribution < -0.4 is 5.32 Å². The Labute approximate surface area is 140 Å². The zero-order valence-corrected chi connectivity index (χ0v) is 13.3. The van der Waals surface area contributed by atoms with Gasteiger partial charge in [0.15, 0.2) is 5.13 Å². The molecule has 8 nitrogen and oxygen atoms in total. The maximum Gasteiger partial charge on any atom is 0.228 e. The quantitative estimate of drug-likeness (QED) is 0.581. The van der Waals surface area contributed by atoms with E-state index in [2.05, 4.69) is 30.8 Å². The molecule has 2 N–H and O–H groups in total. The zero-order valence-electron chi connectivity index (χ0n) is 12.5. The molecule has 0 saturated carbocycles. The van der Waals surface area contributed by atoms with Gasteiger partial charge in [0.2, 0.25) is 5.91 Å². The number of anilines is 1. The number of aryl methyl sites for hydroxylation is 1. The van der Waals surface area contributed by atoms with Gasteiger partial charge in [-0.1, -0.05) is 18.2 Å². The molecule has 9 heteroatoms. The molecule has 0 aliphatic carbocycles. The molecule has 0 bridgehead atoms.